The van der Waals surface area contributed by atoms with Gasteiger partial charge in [0.15, 0.2) is 0 Å². The number of carbonyl (C=O) groups excluding carboxylic acids is 1. The number of carbonyl (C=O) groups is 2. The van der Waals surface area contributed by atoms with Gasteiger partial charge in [0.05, 0.1) is 11.6 Å². The highest BCUT2D eigenvalue weighted by atomic mass is 32.1. The molecule has 1 N–H and O–H groups in total. The smallest absolute Gasteiger partial charge is 0.311 e. The van der Waals surface area contributed by atoms with E-state index in [1.165, 1.54) is 12.3 Å². The molecule has 1 amide bonds. The molecule has 3 rings (SSSR count). The average Bonchev–Trinajstić information content (AvgIpc) is 3.23. The molecule has 132 valence electrons. The second-order valence-corrected chi connectivity index (χ2v) is 7.63. The van der Waals surface area contributed by atoms with Crippen LogP contribution in [-0.2, 0) is 4.79 Å². The second-order valence-electron chi connectivity index (χ2n) is 6.60. The zero-order valence-electron chi connectivity index (χ0n) is 14.0. The van der Waals surface area contributed by atoms with E-state index in [0.717, 1.165) is 11.3 Å². The summed E-state index contributed by atoms with van der Waals surface area (Å²) in [7, 11) is 0. The summed E-state index contributed by atoms with van der Waals surface area (Å²) in [5.74, 6) is -1.57. The molecule has 2 aromatic rings. The van der Waals surface area contributed by atoms with Gasteiger partial charge in [0, 0.05) is 18.7 Å². The van der Waals surface area contributed by atoms with Gasteiger partial charge in [0.2, 0.25) is 0 Å². The highest BCUT2D eigenvalue weighted by molar-refractivity contribution is 7.16. The van der Waals surface area contributed by atoms with E-state index in [1.807, 2.05) is 13.8 Å². The molecule has 1 atom stereocenters. The number of amides is 1. The minimum atomic E-state index is -0.908. The maximum atomic E-state index is 13.9. The van der Waals surface area contributed by atoms with Crippen molar-refractivity contribution in [2.45, 2.75) is 20.3 Å². The standard InChI is InChI=1S/C18H19FN2O3S/c1-11(2)18(17(23)24)7-8-21(10-18)16(22)14-9-20-15(25-14)12-5-3-4-6-13(12)19/h3-6,9,11H,7-8,10H2,1-2H3,(H,23,24). The Kier molecular flexibility index (Phi) is 4.60. The Labute approximate surface area is 149 Å². The molecule has 1 aromatic heterocycles. The van der Waals surface area contributed by atoms with Crippen molar-refractivity contribution < 1.29 is 19.1 Å². The van der Waals surface area contributed by atoms with E-state index in [-0.39, 0.29) is 24.2 Å². The SMILES string of the molecule is CC(C)C1(C(=O)O)CCN(C(=O)c2cnc(-c3ccccc3F)s2)C1. The molecule has 1 fully saturated rings. The number of aromatic nitrogens is 1. The Balaban J connectivity index is 1.82. The van der Waals surface area contributed by atoms with Crippen LogP contribution in [-0.4, -0.2) is 40.0 Å². The van der Waals surface area contributed by atoms with Gasteiger partial charge in [-0.25, -0.2) is 9.37 Å². The van der Waals surface area contributed by atoms with Crippen molar-refractivity contribution in [3.05, 3.63) is 41.2 Å². The lowest BCUT2D eigenvalue weighted by atomic mass is 9.76. The lowest BCUT2D eigenvalue weighted by molar-refractivity contribution is -0.150. The van der Waals surface area contributed by atoms with Crippen LogP contribution in [0.4, 0.5) is 4.39 Å². The van der Waals surface area contributed by atoms with E-state index in [9.17, 15) is 19.1 Å². The minimum absolute atomic E-state index is 0.0711. The third kappa shape index (κ3) is 3.04. The Bertz CT molecular complexity index is 820. The van der Waals surface area contributed by atoms with Crippen LogP contribution in [0.2, 0.25) is 0 Å². The third-order valence-corrected chi connectivity index (χ3v) is 5.96. The summed E-state index contributed by atoms with van der Waals surface area (Å²) in [6.07, 6.45) is 1.87. The van der Waals surface area contributed by atoms with Crippen molar-refractivity contribution in [1.82, 2.24) is 9.88 Å². The number of thiazole rings is 1. The molecule has 0 saturated carbocycles. The summed E-state index contributed by atoms with van der Waals surface area (Å²) in [6, 6.07) is 6.28. The van der Waals surface area contributed by atoms with E-state index in [4.69, 9.17) is 0 Å². The van der Waals surface area contributed by atoms with Crippen LogP contribution in [0.3, 0.4) is 0 Å². The number of halogens is 1. The van der Waals surface area contributed by atoms with E-state index in [0.29, 0.717) is 28.4 Å². The molecule has 7 heteroatoms. The van der Waals surface area contributed by atoms with Gasteiger partial charge in [-0.1, -0.05) is 26.0 Å². The Hall–Kier alpha value is -2.28. The van der Waals surface area contributed by atoms with E-state index < -0.39 is 11.4 Å². The first-order chi connectivity index (χ1) is 11.8. The van der Waals surface area contributed by atoms with Crippen molar-refractivity contribution >= 4 is 23.2 Å². The second kappa shape index (κ2) is 6.55. The fourth-order valence-corrected chi connectivity index (χ4v) is 4.10. The summed E-state index contributed by atoms with van der Waals surface area (Å²) in [5, 5.41) is 10.0. The highest BCUT2D eigenvalue weighted by Gasteiger charge is 2.48. The summed E-state index contributed by atoms with van der Waals surface area (Å²) in [4.78, 5) is 30.5. The fourth-order valence-electron chi connectivity index (χ4n) is 3.19. The third-order valence-electron chi connectivity index (χ3n) is 4.94. The number of benzene rings is 1. The van der Waals surface area contributed by atoms with Crippen molar-refractivity contribution in [2.24, 2.45) is 11.3 Å². The first-order valence-electron chi connectivity index (χ1n) is 8.08. The van der Waals surface area contributed by atoms with Crippen LogP contribution in [0.15, 0.2) is 30.5 Å². The number of hydrogen-bond donors (Lipinski definition) is 1. The molecule has 0 spiro atoms. The van der Waals surface area contributed by atoms with Crippen LogP contribution < -0.4 is 0 Å². The van der Waals surface area contributed by atoms with Crippen LogP contribution in [0.1, 0.15) is 29.9 Å². The van der Waals surface area contributed by atoms with Crippen LogP contribution in [0.5, 0.6) is 0 Å². The van der Waals surface area contributed by atoms with Crippen LogP contribution >= 0.6 is 11.3 Å². The quantitative estimate of drug-likeness (QED) is 0.903. The molecule has 1 saturated heterocycles. The molecule has 25 heavy (non-hydrogen) atoms. The molecule has 0 bridgehead atoms. The first-order valence-corrected chi connectivity index (χ1v) is 8.90. The minimum Gasteiger partial charge on any atom is -0.481 e. The summed E-state index contributed by atoms with van der Waals surface area (Å²) in [5.41, 5.74) is -0.552. The largest absolute Gasteiger partial charge is 0.481 e. The zero-order chi connectivity index (χ0) is 18.2. The number of aliphatic carboxylic acids is 1. The number of carboxylic acids is 1. The van der Waals surface area contributed by atoms with Crippen molar-refractivity contribution in [3.8, 4) is 10.6 Å². The molecule has 1 aromatic carbocycles. The Morgan fingerprint density at radius 3 is 2.68 bits per heavy atom. The van der Waals surface area contributed by atoms with Gasteiger partial charge in [0.1, 0.15) is 15.7 Å². The van der Waals surface area contributed by atoms with Gasteiger partial charge in [-0.15, -0.1) is 11.3 Å². The van der Waals surface area contributed by atoms with Crippen molar-refractivity contribution in [3.63, 3.8) is 0 Å². The normalized spacial score (nSPS) is 20.2. The number of likely N-dealkylation sites (tertiary alicyclic amines) is 1. The molecule has 0 aliphatic carbocycles. The molecule has 0 radical (unpaired) electrons. The summed E-state index contributed by atoms with van der Waals surface area (Å²) in [6.45, 7) is 4.32. The average molecular weight is 362 g/mol. The molecule has 5 nitrogen and oxygen atoms in total. The molecule has 2 heterocycles. The van der Waals surface area contributed by atoms with E-state index in [2.05, 4.69) is 4.98 Å². The van der Waals surface area contributed by atoms with Gasteiger partial charge >= 0.3 is 5.97 Å². The Morgan fingerprint density at radius 2 is 2.08 bits per heavy atom. The van der Waals surface area contributed by atoms with E-state index in [1.54, 1.807) is 23.1 Å². The van der Waals surface area contributed by atoms with Crippen LogP contribution in [0, 0.1) is 17.2 Å². The van der Waals surface area contributed by atoms with Gasteiger partial charge in [0.25, 0.3) is 5.91 Å². The Morgan fingerprint density at radius 1 is 1.36 bits per heavy atom. The summed E-state index contributed by atoms with van der Waals surface area (Å²) < 4.78 is 13.9. The molecule has 1 unspecified atom stereocenters. The first kappa shape index (κ1) is 17.5. The molecular formula is C18H19FN2O3S. The lowest BCUT2D eigenvalue weighted by Crippen LogP contribution is -2.40. The number of hydrogen-bond acceptors (Lipinski definition) is 4. The van der Waals surface area contributed by atoms with Gasteiger partial charge < -0.3 is 10.0 Å². The molecular weight excluding hydrogens is 343 g/mol. The molecule has 1 aliphatic heterocycles. The van der Waals surface area contributed by atoms with E-state index >= 15 is 0 Å². The summed E-state index contributed by atoms with van der Waals surface area (Å²) >= 11 is 1.12. The van der Waals surface area contributed by atoms with Gasteiger partial charge in [-0.05, 0) is 24.5 Å². The number of rotatable bonds is 4. The fraction of sp³-hybridized carbons (Fsp3) is 0.389. The topological polar surface area (TPSA) is 70.5 Å². The predicted molar refractivity (Wildman–Crippen MR) is 92.9 cm³/mol. The number of nitrogens with zero attached hydrogens (tertiary/aromatic N) is 2. The van der Waals surface area contributed by atoms with Gasteiger partial charge in [-0.2, -0.15) is 0 Å². The van der Waals surface area contributed by atoms with Gasteiger partial charge in [-0.3, -0.25) is 9.59 Å². The molecule has 1 aliphatic rings. The van der Waals surface area contributed by atoms with Crippen molar-refractivity contribution in [2.75, 3.05) is 13.1 Å². The maximum absolute atomic E-state index is 13.9. The van der Waals surface area contributed by atoms with Crippen LogP contribution in [0.25, 0.3) is 10.6 Å². The zero-order valence-corrected chi connectivity index (χ0v) is 14.8. The maximum Gasteiger partial charge on any atom is 0.311 e. The highest BCUT2D eigenvalue weighted by Crippen LogP contribution is 2.39. The number of carboxylic acid groups (broad SMARTS) is 1. The lowest BCUT2D eigenvalue weighted by Gasteiger charge is -2.28. The monoisotopic (exact) mass is 362 g/mol. The predicted octanol–water partition coefficient (Wildman–Crippen LogP) is 3.52. The van der Waals surface area contributed by atoms with Crippen molar-refractivity contribution in [1.29, 1.82) is 0 Å².